The van der Waals surface area contributed by atoms with Gasteiger partial charge in [0.2, 0.25) is 6.10 Å². The SMILES string of the molecule is CCCC(C)C(=O)O[C@H]1C(=O)OCC1(C)C. The molecule has 1 fully saturated rings. The van der Waals surface area contributed by atoms with Gasteiger partial charge in [-0.05, 0) is 6.42 Å². The fraction of sp³-hybridized carbons (Fsp3) is 0.833. The third-order valence-electron chi connectivity index (χ3n) is 2.87. The van der Waals surface area contributed by atoms with Crippen LogP contribution in [-0.2, 0) is 19.1 Å². The van der Waals surface area contributed by atoms with Gasteiger partial charge in [0.1, 0.15) is 6.61 Å². The molecule has 1 aliphatic heterocycles. The van der Waals surface area contributed by atoms with Crippen LogP contribution in [0.2, 0.25) is 0 Å². The molecular formula is C12H20O4. The summed E-state index contributed by atoms with van der Waals surface area (Å²) in [4.78, 5) is 23.1. The molecule has 0 aliphatic carbocycles. The highest BCUT2D eigenvalue weighted by molar-refractivity contribution is 5.82. The Hall–Kier alpha value is -1.06. The van der Waals surface area contributed by atoms with Crippen LogP contribution < -0.4 is 0 Å². The number of ether oxygens (including phenoxy) is 2. The molecule has 2 atom stereocenters. The van der Waals surface area contributed by atoms with E-state index >= 15 is 0 Å². The van der Waals surface area contributed by atoms with Gasteiger partial charge >= 0.3 is 11.9 Å². The van der Waals surface area contributed by atoms with E-state index in [1.165, 1.54) is 0 Å². The van der Waals surface area contributed by atoms with Crippen LogP contribution in [0.25, 0.3) is 0 Å². The van der Waals surface area contributed by atoms with E-state index in [1.807, 2.05) is 27.7 Å². The lowest BCUT2D eigenvalue weighted by Gasteiger charge is -2.23. The molecule has 0 radical (unpaired) electrons. The van der Waals surface area contributed by atoms with Gasteiger partial charge in [0.05, 0.1) is 5.92 Å². The molecular weight excluding hydrogens is 208 g/mol. The van der Waals surface area contributed by atoms with Crippen molar-refractivity contribution in [3.05, 3.63) is 0 Å². The lowest BCUT2D eigenvalue weighted by molar-refractivity contribution is -0.166. The maximum Gasteiger partial charge on any atom is 0.348 e. The molecule has 16 heavy (non-hydrogen) atoms. The van der Waals surface area contributed by atoms with E-state index in [0.717, 1.165) is 12.8 Å². The van der Waals surface area contributed by atoms with Crippen molar-refractivity contribution in [3.63, 3.8) is 0 Å². The van der Waals surface area contributed by atoms with Crippen molar-refractivity contribution in [2.24, 2.45) is 11.3 Å². The van der Waals surface area contributed by atoms with Crippen molar-refractivity contribution in [1.82, 2.24) is 0 Å². The third-order valence-corrected chi connectivity index (χ3v) is 2.87. The van der Waals surface area contributed by atoms with Gasteiger partial charge in [-0.2, -0.15) is 0 Å². The molecule has 1 unspecified atom stereocenters. The Labute approximate surface area is 96.3 Å². The van der Waals surface area contributed by atoms with E-state index in [2.05, 4.69) is 0 Å². The summed E-state index contributed by atoms with van der Waals surface area (Å²) < 4.78 is 10.1. The lowest BCUT2D eigenvalue weighted by Crippen LogP contribution is -2.36. The second-order valence-electron chi connectivity index (χ2n) is 5.10. The summed E-state index contributed by atoms with van der Waals surface area (Å²) in [6.45, 7) is 7.86. The molecule has 0 N–H and O–H groups in total. The minimum atomic E-state index is -0.751. The largest absolute Gasteiger partial charge is 0.462 e. The summed E-state index contributed by atoms with van der Waals surface area (Å²) in [7, 11) is 0. The van der Waals surface area contributed by atoms with Crippen LogP contribution in [0.1, 0.15) is 40.5 Å². The first-order valence-electron chi connectivity index (χ1n) is 5.75. The number of rotatable bonds is 4. The monoisotopic (exact) mass is 228 g/mol. The molecule has 1 heterocycles. The van der Waals surface area contributed by atoms with E-state index in [-0.39, 0.29) is 11.9 Å². The molecule has 4 heteroatoms. The van der Waals surface area contributed by atoms with Crippen LogP contribution in [0.5, 0.6) is 0 Å². The summed E-state index contributed by atoms with van der Waals surface area (Å²) in [5.41, 5.74) is -0.418. The Kier molecular flexibility index (Phi) is 3.94. The molecule has 0 bridgehead atoms. The molecule has 0 aromatic heterocycles. The highest BCUT2D eigenvalue weighted by atomic mass is 16.6. The number of esters is 2. The Bertz CT molecular complexity index is 283. The van der Waals surface area contributed by atoms with Gasteiger partial charge < -0.3 is 9.47 Å². The number of hydrogen-bond acceptors (Lipinski definition) is 4. The Morgan fingerprint density at radius 1 is 1.62 bits per heavy atom. The van der Waals surface area contributed by atoms with Crippen molar-refractivity contribution in [2.75, 3.05) is 6.61 Å². The van der Waals surface area contributed by atoms with Gasteiger partial charge in [0.15, 0.2) is 0 Å². The van der Waals surface area contributed by atoms with Crippen molar-refractivity contribution < 1.29 is 19.1 Å². The van der Waals surface area contributed by atoms with Gasteiger partial charge in [-0.3, -0.25) is 4.79 Å². The first-order valence-corrected chi connectivity index (χ1v) is 5.75. The van der Waals surface area contributed by atoms with Crippen LogP contribution >= 0.6 is 0 Å². The second kappa shape index (κ2) is 4.85. The molecule has 0 spiro atoms. The number of carbonyl (C=O) groups is 2. The number of carbonyl (C=O) groups excluding carboxylic acids is 2. The zero-order valence-corrected chi connectivity index (χ0v) is 10.4. The Morgan fingerprint density at radius 2 is 2.25 bits per heavy atom. The molecule has 0 amide bonds. The summed E-state index contributed by atoms with van der Waals surface area (Å²) in [6, 6.07) is 0. The van der Waals surface area contributed by atoms with Gasteiger partial charge in [-0.25, -0.2) is 4.79 Å². The van der Waals surface area contributed by atoms with Gasteiger partial charge in [-0.1, -0.05) is 34.1 Å². The molecule has 1 aliphatic rings. The predicted molar refractivity (Wildman–Crippen MR) is 58.7 cm³/mol. The summed E-state index contributed by atoms with van der Waals surface area (Å²) in [6.07, 6.45) is 0.954. The zero-order valence-electron chi connectivity index (χ0n) is 10.4. The highest BCUT2D eigenvalue weighted by Crippen LogP contribution is 2.31. The standard InChI is InChI=1S/C12H20O4/c1-5-6-8(2)10(13)16-9-11(14)15-7-12(9,3)4/h8-9H,5-7H2,1-4H3/t8?,9-/m0/s1. The van der Waals surface area contributed by atoms with E-state index in [1.54, 1.807) is 0 Å². The molecule has 0 aromatic carbocycles. The van der Waals surface area contributed by atoms with Crippen molar-refractivity contribution >= 4 is 11.9 Å². The number of hydrogen-bond donors (Lipinski definition) is 0. The molecule has 0 aromatic rings. The van der Waals surface area contributed by atoms with Crippen molar-refractivity contribution in [1.29, 1.82) is 0 Å². The van der Waals surface area contributed by atoms with Gasteiger partial charge in [0.25, 0.3) is 0 Å². The highest BCUT2D eigenvalue weighted by Gasteiger charge is 2.46. The minimum absolute atomic E-state index is 0.158. The van der Waals surface area contributed by atoms with Gasteiger partial charge in [-0.15, -0.1) is 0 Å². The molecule has 0 saturated carbocycles. The fourth-order valence-corrected chi connectivity index (χ4v) is 1.72. The van der Waals surface area contributed by atoms with Crippen LogP contribution in [0, 0.1) is 11.3 Å². The summed E-state index contributed by atoms with van der Waals surface area (Å²) in [5, 5.41) is 0. The van der Waals surface area contributed by atoms with E-state index in [9.17, 15) is 9.59 Å². The summed E-state index contributed by atoms with van der Waals surface area (Å²) in [5.74, 6) is -0.893. The first-order chi connectivity index (χ1) is 7.38. The maximum atomic E-state index is 11.7. The first kappa shape index (κ1) is 13.0. The van der Waals surface area contributed by atoms with Crippen molar-refractivity contribution in [3.8, 4) is 0 Å². The van der Waals surface area contributed by atoms with Crippen LogP contribution in [0.15, 0.2) is 0 Å². The quantitative estimate of drug-likeness (QED) is 0.690. The molecule has 1 rings (SSSR count). The lowest BCUT2D eigenvalue weighted by atomic mass is 9.89. The smallest absolute Gasteiger partial charge is 0.348 e. The average molecular weight is 228 g/mol. The van der Waals surface area contributed by atoms with Crippen LogP contribution in [0.3, 0.4) is 0 Å². The van der Waals surface area contributed by atoms with Gasteiger partial charge in [0, 0.05) is 5.41 Å². The van der Waals surface area contributed by atoms with E-state index < -0.39 is 17.5 Å². The van der Waals surface area contributed by atoms with Crippen LogP contribution in [-0.4, -0.2) is 24.6 Å². The third kappa shape index (κ3) is 2.74. The average Bonchev–Trinajstić information content (AvgIpc) is 2.45. The number of cyclic esters (lactones) is 1. The van der Waals surface area contributed by atoms with E-state index in [0.29, 0.717) is 6.61 Å². The minimum Gasteiger partial charge on any atom is -0.462 e. The molecule has 1 saturated heterocycles. The Morgan fingerprint density at radius 3 is 2.69 bits per heavy atom. The summed E-state index contributed by atoms with van der Waals surface area (Å²) >= 11 is 0. The molecule has 4 nitrogen and oxygen atoms in total. The Balaban J connectivity index is 2.59. The topological polar surface area (TPSA) is 52.6 Å². The zero-order chi connectivity index (χ0) is 12.3. The fourth-order valence-electron chi connectivity index (χ4n) is 1.72. The molecule has 92 valence electrons. The normalized spacial score (nSPS) is 25.0. The maximum absolute atomic E-state index is 11.7. The van der Waals surface area contributed by atoms with E-state index in [4.69, 9.17) is 9.47 Å². The predicted octanol–water partition coefficient (Wildman–Crippen LogP) is 1.92. The second-order valence-corrected chi connectivity index (χ2v) is 5.10. The van der Waals surface area contributed by atoms with Crippen LogP contribution in [0.4, 0.5) is 0 Å². The van der Waals surface area contributed by atoms with Crippen molar-refractivity contribution in [2.45, 2.75) is 46.6 Å².